The van der Waals surface area contributed by atoms with Gasteiger partial charge in [-0.2, -0.15) is 0 Å². The second kappa shape index (κ2) is 4.19. The van der Waals surface area contributed by atoms with Crippen molar-refractivity contribution in [1.29, 1.82) is 0 Å². The molecule has 0 bridgehead atoms. The minimum Gasteiger partial charge on any atom is -0.427 e. The average molecular weight is 198 g/mol. The van der Waals surface area contributed by atoms with Crippen molar-refractivity contribution in [2.45, 2.75) is 31.6 Å². The van der Waals surface area contributed by atoms with Crippen molar-refractivity contribution in [2.75, 3.05) is 19.6 Å². The summed E-state index contributed by atoms with van der Waals surface area (Å²) in [7, 11) is -1.13. The highest BCUT2D eigenvalue weighted by Crippen LogP contribution is 2.38. The Hall–Kier alpha value is -0.0951. The van der Waals surface area contributed by atoms with Crippen LogP contribution in [0.3, 0.4) is 0 Å². The average Bonchev–Trinajstić information content (AvgIpc) is 2.61. The third-order valence-electron chi connectivity index (χ3n) is 3.72. The molecule has 14 heavy (non-hydrogen) atoms. The first-order valence-electron chi connectivity index (χ1n) is 5.53. The van der Waals surface area contributed by atoms with Gasteiger partial charge in [-0.3, -0.25) is 0 Å². The van der Waals surface area contributed by atoms with Gasteiger partial charge in [-0.05, 0) is 25.7 Å². The number of hydrogen-bond acceptors (Lipinski definition) is 4. The molecular formula is C9H19BN2O2. The van der Waals surface area contributed by atoms with Crippen LogP contribution in [-0.4, -0.2) is 42.8 Å². The van der Waals surface area contributed by atoms with Crippen LogP contribution in [0.25, 0.3) is 0 Å². The van der Waals surface area contributed by atoms with E-state index in [-0.39, 0.29) is 0 Å². The molecule has 2 atom stereocenters. The minimum absolute atomic E-state index is 0.398. The molecule has 4 nitrogen and oxygen atoms in total. The molecule has 2 rings (SSSR count). The lowest BCUT2D eigenvalue weighted by atomic mass is 9.74. The van der Waals surface area contributed by atoms with Gasteiger partial charge >= 0.3 is 7.12 Å². The highest BCUT2D eigenvalue weighted by molar-refractivity contribution is 6.40. The molecule has 2 saturated heterocycles. The van der Waals surface area contributed by atoms with Gasteiger partial charge in [0, 0.05) is 24.5 Å². The minimum atomic E-state index is -1.13. The Morgan fingerprint density at radius 2 is 2.29 bits per heavy atom. The number of fused-ring (bicyclic) bond motifs is 1. The second-order valence-electron chi connectivity index (χ2n) is 4.62. The van der Waals surface area contributed by atoms with Gasteiger partial charge in [0.1, 0.15) is 0 Å². The summed E-state index contributed by atoms with van der Waals surface area (Å²) in [5.41, 5.74) is 0.398. The van der Waals surface area contributed by atoms with E-state index in [0.29, 0.717) is 17.8 Å². The summed E-state index contributed by atoms with van der Waals surface area (Å²) < 4.78 is 0. The van der Waals surface area contributed by atoms with Crippen LogP contribution in [-0.2, 0) is 0 Å². The summed E-state index contributed by atoms with van der Waals surface area (Å²) in [6.45, 7) is 3.28. The molecular weight excluding hydrogens is 179 g/mol. The van der Waals surface area contributed by atoms with Crippen LogP contribution >= 0.6 is 0 Å². The molecule has 0 aliphatic carbocycles. The number of hydrogen-bond donors (Lipinski definition) is 4. The monoisotopic (exact) mass is 198 g/mol. The van der Waals surface area contributed by atoms with E-state index in [9.17, 15) is 0 Å². The Kier molecular flexibility index (Phi) is 3.12. The van der Waals surface area contributed by atoms with Gasteiger partial charge in [-0.15, -0.1) is 0 Å². The van der Waals surface area contributed by atoms with Gasteiger partial charge in [-0.1, -0.05) is 6.42 Å². The standard InChI is InChI=1S/C9H19BN2O2/c13-10(14)4-1-2-9-3-5-12-8(9)6-11-7-9/h8,11-14H,1-7H2/t8-,9+/m1/s1. The van der Waals surface area contributed by atoms with Crippen LogP contribution < -0.4 is 10.6 Å². The lowest BCUT2D eigenvalue weighted by Crippen LogP contribution is -2.35. The Morgan fingerprint density at radius 3 is 3.07 bits per heavy atom. The van der Waals surface area contributed by atoms with Crippen molar-refractivity contribution in [1.82, 2.24) is 10.6 Å². The Bertz CT molecular complexity index is 191. The van der Waals surface area contributed by atoms with E-state index in [1.165, 1.54) is 6.42 Å². The largest absolute Gasteiger partial charge is 0.451 e. The van der Waals surface area contributed by atoms with Gasteiger partial charge in [0.05, 0.1) is 0 Å². The molecule has 80 valence electrons. The van der Waals surface area contributed by atoms with Gasteiger partial charge in [0.2, 0.25) is 0 Å². The highest BCUT2D eigenvalue weighted by atomic mass is 16.4. The molecule has 0 saturated carbocycles. The molecule has 4 N–H and O–H groups in total. The molecule has 0 aromatic rings. The van der Waals surface area contributed by atoms with E-state index in [2.05, 4.69) is 10.6 Å². The van der Waals surface area contributed by atoms with E-state index in [0.717, 1.165) is 32.5 Å². The SMILES string of the molecule is OB(O)CCC[C@@]12CCN[C@@H]1CNC2. The zero-order chi connectivity index (χ0) is 10.0. The number of nitrogens with one attached hydrogen (secondary N) is 2. The summed E-state index contributed by atoms with van der Waals surface area (Å²) in [5.74, 6) is 0. The van der Waals surface area contributed by atoms with E-state index < -0.39 is 7.12 Å². The van der Waals surface area contributed by atoms with E-state index in [1.807, 2.05) is 0 Å². The van der Waals surface area contributed by atoms with Gasteiger partial charge in [0.15, 0.2) is 0 Å². The maximum atomic E-state index is 8.79. The van der Waals surface area contributed by atoms with Crippen LogP contribution in [0.4, 0.5) is 0 Å². The third kappa shape index (κ3) is 1.96. The van der Waals surface area contributed by atoms with Crippen LogP contribution in [0.15, 0.2) is 0 Å². The topological polar surface area (TPSA) is 64.5 Å². The molecule has 0 aromatic carbocycles. The number of rotatable bonds is 4. The molecule has 0 spiro atoms. The van der Waals surface area contributed by atoms with E-state index in [1.54, 1.807) is 0 Å². The summed E-state index contributed by atoms with van der Waals surface area (Å²) in [4.78, 5) is 0. The van der Waals surface area contributed by atoms with Crippen LogP contribution in [0.1, 0.15) is 19.3 Å². The van der Waals surface area contributed by atoms with Crippen LogP contribution in [0.2, 0.25) is 6.32 Å². The molecule has 2 aliphatic heterocycles. The second-order valence-corrected chi connectivity index (χ2v) is 4.62. The smallest absolute Gasteiger partial charge is 0.427 e. The Morgan fingerprint density at radius 1 is 1.43 bits per heavy atom. The fourth-order valence-corrected chi connectivity index (χ4v) is 2.88. The first-order chi connectivity index (χ1) is 6.73. The van der Waals surface area contributed by atoms with Crippen molar-refractivity contribution in [3.63, 3.8) is 0 Å². The van der Waals surface area contributed by atoms with E-state index in [4.69, 9.17) is 10.0 Å². The molecule has 0 radical (unpaired) electrons. The summed E-state index contributed by atoms with van der Waals surface area (Å²) in [5, 5.41) is 24.5. The Balaban J connectivity index is 1.82. The van der Waals surface area contributed by atoms with Gasteiger partial charge in [-0.25, -0.2) is 0 Å². The molecule has 0 aromatic heterocycles. The van der Waals surface area contributed by atoms with Crippen LogP contribution in [0, 0.1) is 5.41 Å². The van der Waals surface area contributed by atoms with Gasteiger partial charge in [0.25, 0.3) is 0 Å². The predicted molar refractivity (Wildman–Crippen MR) is 55.9 cm³/mol. The van der Waals surface area contributed by atoms with Crippen molar-refractivity contribution in [3.8, 4) is 0 Å². The molecule has 2 heterocycles. The molecule has 2 aliphatic rings. The molecule has 5 heteroatoms. The van der Waals surface area contributed by atoms with Crippen molar-refractivity contribution in [2.24, 2.45) is 5.41 Å². The van der Waals surface area contributed by atoms with Gasteiger partial charge < -0.3 is 20.7 Å². The molecule has 2 fully saturated rings. The van der Waals surface area contributed by atoms with E-state index >= 15 is 0 Å². The highest BCUT2D eigenvalue weighted by Gasteiger charge is 2.45. The lowest BCUT2D eigenvalue weighted by molar-refractivity contribution is 0.280. The Labute approximate surface area is 85.2 Å². The maximum absolute atomic E-state index is 8.79. The fraction of sp³-hybridized carbons (Fsp3) is 1.00. The first-order valence-corrected chi connectivity index (χ1v) is 5.53. The normalized spacial score (nSPS) is 36.0. The fourth-order valence-electron chi connectivity index (χ4n) is 2.88. The van der Waals surface area contributed by atoms with Crippen molar-refractivity contribution in [3.05, 3.63) is 0 Å². The first kappa shape index (κ1) is 10.4. The van der Waals surface area contributed by atoms with Crippen molar-refractivity contribution >= 4 is 7.12 Å². The summed E-state index contributed by atoms with van der Waals surface area (Å²) in [6, 6.07) is 0.610. The lowest BCUT2D eigenvalue weighted by Gasteiger charge is -2.27. The maximum Gasteiger partial charge on any atom is 0.451 e. The summed E-state index contributed by atoms with van der Waals surface area (Å²) >= 11 is 0. The summed E-state index contributed by atoms with van der Waals surface area (Å²) in [6.07, 6.45) is 3.76. The van der Waals surface area contributed by atoms with Crippen molar-refractivity contribution < 1.29 is 10.0 Å². The molecule has 0 amide bonds. The molecule has 0 unspecified atom stereocenters. The predicted octanol–water partition coefficient (Wildman–Crippen LogP) is -0.809. The zero-order valence-electron chi connectivity index (χ0n) is 8.50. The van der Waals surface area contributed by atoms with Crippen LogP contribution in [0.5, 0.6) is 0 Å². The zero-order valence-corrected chi connectivity index (χ0v) is 8.50. The quantitative estimate of drug-likeness (QED) is 0.446. The third-order valence-corrected chi connectivity index (χ3v) is 3.72.